The Hall–Kier alpha value is -0.770. The average molecular weight is 291 g/mol. The van der Waals surface area contributed by atoms with Crippen LogP contribution in [0, 0.1) is 6.92 Å². The number of nitrogens with one attached hydrogen (secondary N) is 1. The standard InChI is InChI=1S/C16H21NS2/c1-3-10-17-16(15-9-11-18-13(15)2)12-19-14-7-5-4-6-8-14/h4-9,11,16-17H,3,10,12H2,1-2H3. The van der Waals surface area contributed by atoms with Crippen LogP contribution in [0.15, 0.2) is 46.7 Å². The molecule has 19 heavy (non-hydrogen) atoms. The van der Waals surface area contributed by atoms with E-state index in [-0.39, 0.29) is 0 Å². The Labute approximate surface area is 124 Å². The maximum Gasteiger partial charge on any atom is 0.0426 e. The molecule has 0 spiro atoms. The normalized spacial score (nSPS) is 12.5. The zero-order chi connectivity index (χ0) is 13.5. The number of hydrogen-bond donors (Lipinski definition) is 1. The van der Waals surface area contributed by atoms with Crippen LogP contribution < -0.4 is 5.32 Å². The van der Waals surface area contributed by atoms with Gasteiger partial charge in [-0.1, -0.05) is 25.1 Å². The predicted octanol–water partition coefficient (Wildman–Crippen LogP) is 4.89. The van der Waals surface area contributed by atoms with E-state index in [4.69, 9.17) is 0 Å². The number of benzene rings is 1. The van der Waals surface area contributed by atoms with E-state index < -0.39 is 0 Å². The lowest BCUT2D eigenvalue weighted by Gasteiger charge is -2.18. The molecule has 0 saturated heterocycles. The van der Waals surface area contributed by atoms with Crippen molar-refractivity contribution in [2.45, 2.75) is 31.2 Å². The quantitative estimate of drug-likeness (QED) is 0.729. The minimum Gasteiger partial charge on any atom is -0.309 e. The third-order valence-electron chi connectivity index (χ3n) is 3.07. The van der Waals surface area contributed by atoms with Gasteiger partial charge in [0.15, 0.2) is 0 Å². The van der Waals surface area contributed by atoms with Gasteiger partial charge in [-0.25, -0.2) is 0 Å². The van der Waals surface area contributed by atoms with Crippen LogP contribution in [0.5, 0.6) is 0 Å². The highest BCUT2D eigenvalue weighted by Gasteiger charge is 2.14. The second-order valence-corrected chi connectivity index (χ2v) is 6.78. The van der Waals surface area contributed by atoms with Gasteiger partial charge in [0, 0.05) is 21.6 Å². The Balaban J connectivity index is 2.00. The molecule has 0 radical (unpaired) electrons. The molecule has 0 fully saturated rings. The van der Waals surface area contributed by atoms with Crippen LogP contribution in [0.1, 0.15) is 29.8 Å². The summed E-state index contributed by atoms with van der Waals surface area (Å²) in [6, 6.07) is 13.4. The Morgan fingerprint density at radius 2 is 2.00 bits per heavy atom. The molecule has 1 aromatic carbocycles. The van der Waals surface area contributed by atoms with E-state index in [1.165, 1.54) is 21.8 Å². The van der Waals surface area contributed by atoms with Gasteiger partial charge >= 0.3 is 0 Å². The summed E-state index contributed by atoms with van der Waals surface area (Å²) in [5.74, 6) is 1.08. The van der Waals surface area contributed by atoms with Gasteiger partial charge in [-0.15, -0.1) is 23.1 Å². The van der Waals surface area contributed by atoms with Gasteiger partial charge in [-0.2, -0.15) is 0 Å². The topological polar surface area (TPSA) is 12.0 Å². The van der Waals surface area contributed by atoms with Gasteiger partial charge in [0.2, 0.25) is 0 Å². The number of thiophene rings is 1. The SMILES string of the molecule is CCCNC(CSc1ccccc1)c1ccsc1C. The molecular weight excluding hydrogens is 270 g/mol. The average Bonchev–Trinajstić information content (AvgIpc) is 2.86. The van der Waals surface area contributed by atoms with Crippen molar-refractivity contribution in [2.75, 3.05) is 12.3 Å². The summed E-state index contributed by atoms with van der Waals surface area (Å²) in [5, 5.41) is 5.86. The molecular formula is C16H21NS2. The maximum absolute atomic E-state index is 3.67. The largest absolute Gasteiger partial charge is 0.309 e. The Morgan fingerprint density at radius 1 is 1.21 bits per heavy atom. The fourth-order valence-electron chi connectivity index (χ4n) is 2.03. The van der Waals surface area contributed by atoms with Gasteiger partial charge in [-0.05, 0) is 49.0 Å². The van der Waals surface area contributed by atoms with Crippen LogP contribution in [-0.2, 0) is 0 Å². The molecule has 1 heterocycles. The van der Waals surface area contributed by atoms with Crippen LogP contribution in [0.3, 0.4) is 0 Å². The van der Waals surface area contributed by atoms with E-state index in [2.05, 4.69) is 60.9 Å². The van der Waals surface area contributed by atoms with E-state index >= 15 is 0 Å². The third-order valence-corrected chi connectivity index (χ3v) is 5.04. The van der Waals surface area contributed by atoms with E-state index in [1.807, 2.05) is 23.1 Å². The van der Waals surface area contributed by atoms with Crippen molar-refractivity contribution < 1.29 is 0 Å². The van der Waals surface area contributed by atoms with Crippen LogP contribution >= 0.6 is 23.1 Å². The third kappa shape index (κ3) is 4.37. The number of hydrogen-bond acceptors (Lipinski definition) is 3. The molecule has 0 saturated carbocycles. The van der Waals surface area contributed by atoms with Crippen molar-refractivity contribution >= 4 is 23.1 Å². The molecule has 102 valence electrons. The van der Waals surface area contributed by atoms with Crippen molar-refractivity contribution in [1.29, 1.82) is 0 Å². The summed E-state index contributed by atoms with van der Waals surface area (Å²) in [4.78, 5) is 2.78. The Morgan fingerprint density at radius 3 is 2.63 bits per heavy atom. The van der Waals surface area contributed by atoms with Crippen molar-refractivity contribution in [3.63, 3.8) is 0 Å². The van der Waals surface area contributed by atoms with Crippen molar-refractivity contribution in [3.8, 4) is 0 Å². The molecule has 0 aliphatic carbocycles. The molecule has 1 N–H and O–H groups in total. The zero-order valence-corrected chi connectivity index (χ0v) is 13.2. The molecule has 2 rings (SSSR count). The Kier molecular flexibility index (Phi) is 5.95. The van der Waals surface area contributed by atoms with E-state index in [0.29, 0.717) is 6.04 Å². The fourth-order valence-corrected chi connectivity index (χ4v) is 3.80. The van der Waals surface area contributed by atoms with Gasteiger partial charge in [0.25, 0.3) is 0 Å². The van der Waals surface area contributed by atoms with E-state index in [9.17, 15) is 0 Å². The predicted molar refractivity (Wildman–Crippen MR) is 87.3 cm³/mol. The zero-order valence-electron chi connectivity index (χ0n) is 11.6. The summed E-state index contributed by atoms with van der Waals surface area (Å²) in [6.07, 6.45) is 1.18. The number of rotatable bonds is 7. The van der Waals surface area contributed by atoms with Crippen molar-refractivity contribution in [3.05, 3.63) is 52.2 Å². The van der Waals surface area contributed by atoms with Crippen LogP contribution in [0.25, 0.3) is 0 Å². The molecule has 0 aliphatic rings. The van der Waals surface area contributed by atoms with E-state index in [0.717, 1.165) is 12.3 Å². The second-order valence-electron chi connectivity index (χ2n) is 4.56. The summed E-state index contributed by atoms with van der Waals surface area (Å²) >= 11 is 3.77. The molecule has 0 amide bonds. The lowest BCUT2D eigenvalue weighted by atomic mass is 10.1. The van der Waals surface area contributed by atoms with Crippen LogP contribution in [0.2, 0.25) is 0 Å². The first-order chi connectivity index (χ1) is 9.31. The van der Waals surface area contributed by atoms with Crippen molar-refractivity contribution in [1.82, 2.24) is 5.32 Å². The van der Waals surface area contributed by atoms with Crippen LogP contribution in [0.4, 0.5) is 0 Å². The highest BCUT2D eigenvalue weighted by molar-refractivity contribution is 7.99. The monoisotopic (exact) mass is 291 g/mol. The minimum absolute atomic E-state index is 0.455. The lowest BCUT2D eigenvalue weighted by molar-refractivity contribution is 0.577. The molecule has 3 heteroatoms. The first kappa shape index (κ1) is 14.6. The van der Waals surface area contributed by atoms with Gasteiger partial charge in [0.1, 0.15) is 0 Å². The van der Waals surface area contributed by atoms with E-state index in [1.54, 1.807) is 0 Å². The Bertz CT molecular complexity index is 479. The number of thioether (sulfide) groups is 1. The molecule has 1 aromatic heterocycles. The minimum atomic E-state index is 0.455. The summed E-state index contributed by atoms with van der Waals surface area (Å²) < 4.78 is 0. The molecule has 1 unspecified atom stereocenters. The summed E-state index contributed by atoms with van der Waals surface area (Å²) in [5.41, 5.74) is 1.46. The summed E-state index contributed by atoms with van der Waals surface area (Å²) in [6.45, 7) is 5.51. The first-order valence-corrected chi connectivity index (χ1v) is 8.63. The first-order valence-electron chi connectivity index (χ1n) is 6.76. The van der Waals surface area contributed by atoms with Gasteiger partial charge < -0.3 is 5.32 Å². The highest BCUT2D eigenvalue weighted by atomic mass is 32.2. The molecule has 1 nitrogen and oxygen atoms in total. The molecule has 0 aliphatic heterocycles. The maximum atomic E-state index is 3.67. The highest BCUT2D eigenvalue weighted by Crippen LogP contribution is 2.28. The smallest absolute Gasteiger partial charge is 0.0426 e. The van der Waals surface area contributed by atoms with Crippen LogP contribution in [-0.4, -0.2) is 12.3 Å². The second kappa shape index (κ2) is 7.73. The van der Waals surface area contributed by atoms with Crippen molar-refractivity contribution in [2.24, 2.45) is 0 Å². The van der Waals surface area contributed by atoms with Gasteiger partial charge in [-0.3, -0.25) is 0 Å². The lowest BCUT2D eigenvalue weighted by Crippen LogP contribution is -2.24. The number of aryl methyl sites for hydroxylation is 1. The fraction of sp³-hybridized carbons (Fsp3) is 0.375. The molecule has 1 atom stereocenters. The van der Waals surface area contributed by atoms with Gasteiger partial charge in [0.05, 0.1) is 0 Å². The summed E-state index contributed by atoms with van der Waals surface area (Å²) in [7, 11) is 0. The molecule has 0 bridgehead atoms. The molecule has 2 aromatic rings.